The average molecular weight is 239 g/mol. The number of aldehydes is 1. The predicted octanol–water partition coefficient (Wildman–Crippen LogP) is 2.53. The normalized spacial score (nSPS) is 19.9. The van der Waals surface area contributed by atoms with Crippen molar-refractivity contribution in [2.45, 2.75) is 45.6 Å². The Bertz CT molecular complexity index is 315. The van der Waals surface area contributed by atoms with Gasteiger partial charge >= 0.3 is 6.09 Å². The number of likely N-dealkylation sites (tertiary alicyclic amines) is 1. The lowest BCUT2D eigenvalue weighted by Crippen LogP contribution is -2.37. The van der Waals surface area contributed by atoms with E-state index in [9.17, 15) is 9.59 Å². The lowest BCUT2D eigenvalue weighted by molar-refractivity contribution is -0.104. The fourth-order valence-corrected chi connectivity index (χ4v) is 1.78. The fourth-order valence-electron chi connectivity index (χ4n) is 1.78. The van der Waals surface area contributed by atoms with Crippen molar-refractivity contribution in [1.82, 2.24) is 4.90 Å². The third-order valence-electron chi connectivity index (χ3n) is 2.58. The summed E-state index contributed by atoms with van der Waals surface area (Å²) >= 11 is 0. The van der Waals surface area contributed by atoms with Crippen molar-refractivity contribution in [3.63, 3.8) is 0 Å². The first-order chi connectivity index (χ1) is 7.92. The van der Waals surface area contributed by atoms with Gasteiger partial charge in [0.15, 0.2) is 0 Å². The van der Waals surface area contributed by atoms with E-state index in [0.717, 1.165) is 31.1 Å². The van der Waals surface area contributed by atoms with E-state index in [1.165, 1.54) is 0 Å². The van der Waals surface area contributed by atoms with Crippen LogP contribution in [-0.4, -0.2) is 36.0 Å². The molecule has 0 aromatic rings. The zero-order valence-electron chi connectivity index (χ0n) is 10.9. The van der Waals surface area contributed by atoms with Crippen molar-refractivity contribution < 1.29 is 14.3 Å². The summed E-state index contributed by atoms with van der Waals surface area (Å²) in [4.78, 5) is 24.0. The van der Waals surface area contributed by atoms with Gasteiger partial charge in [0.1, 0.15) is 11.9 Å². The van der Waals surface area contributed by atoms with Gasteiger partial charge in [-0.3, -0.25) is 4.79 Å². The maximum Gasteiger partial charge on any atom is 0.410 e. The Balaban J connectivity index is 2.54. The monoisotopic (exact) mass is 239 g/mol. The van der Waals surface area contributed by atoms with Crippen molar-refractivity contribution >= 4 is 12.4 Å². The zero-order chi connectivity index (χ0) is 12.9. The van der Waals surface area contributed by atoms with Gasteiger partial charge in [0.2, 0.25) is 0 Å². The maximum atomic E-state index is 11.8. The molecule has 0 aromatic carbocycles. The molecule has 0 bridgehead atoms. The van der Waals surface area contributed by atoms with Crippen molar-refractivity contribution in [1.29, 1.82) is 0 Å². The average Bonchev–Trinajstić information content (AvgIpc) is 2.41. The smallest absolute Gasteiger partial charge is 0.410 e. The summed E-state index contributed by atoms with van der Waals surface area (Å²) in [6.45, 7) is 6.92. The zero-order valence-corrected chi connectivity index (χ0v) is 10.9. The third kappa shape index (κ3) is 5.02. The van der Waals surface area contributed by atoms with Crippen LogP contribution in [0.4, 0.5) is 4.79 Å². The second-order valence-electron chi connectivity index (χ2n) is 5.28. The Morgan fingerprint density at radius 1 is 1.29 bits per heavy atom. The molecule has 1 aliphatic rings. The van der Waals surface area contributed by atoms with Gasteiger partial charge in [0.25, 0.3) is 0 Å². The fraction of sp³-hybridized carbons (Fsp3) is 0.692. The van der Waals surface area contributed by atoms with Crippen LogP contribution in [-0.2, 0) is 9.53 Å². The summed E-state index contributed by atoms with van der Waals surface area (Å²) in [5.41, 5.74) is 0.663. The van der Waals surface area contributed by atoms with Crippen LogP contribution in [0.15, 0.2) is 11.6 Å². The molecule has 0 radical (unpaired) electrons. The van der Waals surface area contributed by atoms with E-state index in [4.69, 9.17) is 4.74 Å². The Kier molecular flexibility index (Phi) is 4.73. The molecule has 0 saturated carbocycles. The minimum Gasteiger partial charge on any atom is -0.444 e. The molecule has 1 aliphatic heterocycles. The summed E-state index contributed by atoms with van der Waals surface area (Å²) in [6, 6.07) is 0. The van der Waals surface area contributed by atoms with Gasteiger partial charge in [-0.1, -0.05) is 5.57 Å². The standard InChI is InChI=1S/C13H21NO3/c1-13(2,3)17-12(16)14-8-4-5-11(6-9-14)7-10-15/h7,10H,4-6,8-9H2,1-3H3/b11-7-. The predicted molar refractivity (Wildman–Crippen MR) is 65.8 cm³/mol. The third-order valence-corrected chi connectivity index (χ3v) is 2.58. The Morgan fingerprint density at radius 3 is 2.59 bits per heavy atom. The first-order valence-electron chi connectivity index (χ1n) is 6.03. The summed E-state index contributed by atoms with van der Waals surface area (Å²) in [5, 5.41) is 0. The minimum absolute atomic E-state index is 0.259. The summed E-state index contributed by atoms with van der Waals surface area (Å²) in [6.07, 6.45) is 4.70. The first-order valence-corrected chi connectivity index (χ1v) is 6.03. The van der Waals surface area contributed by atoms with Crippen LogP contribution >= 0.6 is 0 Å². The molecule has 17 heavy (non-hydrogen) atoms. The number of carbonyl (C=O) groups is 2. The molecule has 4 nitrogen and oxygen atoms in total. The number of ether oxygens (including phenoxy) is 1. The first kappa shape index (κ1) is 13.7. The van der Waals surface area contributed by atoms with Gasteiger partial charge in [0.05, 0.1) is 0 Å². The van der Waals surface area contributed by atoms with Gasteiger partial charge < -0.3 is 9.64 Å². The molecule has 4 heteroatoms. The van der Waals surface area contributed by atoms with Crippen molar-refractivity contribution in [3.05, 3.63) is 11.6 Å². The van der Waals surface area contributed by atoms with E-state index in [1.807, 2.05) is 20.8 Å². The van der Waals surface area contributed by atoms with E-state index in [2.05, 4.69) is 0 Å². The van der Waals surface area contributed by atoms with Crippen LogP contribution in [0, 0.1) is 0 Å². The number of amides is 1. The highest BCUT2D eigenvalue weighted by molar-refractivity contribution is 5.68. The molecule has 1 heterocycles. The lowest BCUT2D eigenvalue weighted by Gasteiger charge is -2.26. The summed E-state index contributed by atoms with van der Waals surface area (Å²) in [7, 11) is 0. The molecule has 1 amide bonds. The molecule has 0 unspecified atom stereocenters. The Labute approximate surface area is 103 Å². The maximum absolute atomic E-state index is 11.8. The Morgan fingerprint density at radius 2 is 2.00 bits per heavy atom. The molecule has 0 aliphatic carbocycles. The number of allylic oxidation sites excluding steroid dienone is 1. The largest absolute Gasteiger partial charge is 0.444 e. The van der Waals surface area contributed by atoms with Gasteiger partial charge in [-0.25, -0.2) is 4.79 Å². The van der Waals surface area contributed by atoms with Crippen molar-refractivity contribution in [3.8, 4) is 0 Å². The highest BCUT2D eigenvalue weighted by Gasteiger charge is 2.23. The van der Waals surface area contributed by atoms with Crippen LogP contribution in [0.5, 0.6) is 0 Å². The van der Waals surface area contributed by atoms with Crippen molar-refractivity contribution in [2.75, 3.05) is 13.1 Å². The lowest BCUT2D eigenvalue weighted by atomic mass is 10.1. The molecule has 0 N–H and O–H groups in total. The molecular weight excluding hydrogens is 218 g/mol. The van der Waals surface area contributed by atoms with Crippen molar-refractivity contribution in [2.24, 2.45) is 0 Å². The molecule has 1 rings (SSSR count). The van der Waals surface area contributed by atoms with Crippen LogP contribution in [0.1, 0.15) is 40.0 Å². The molecule has 0 aromatic heterocycles. The van der Waals surface area contributed by atoms with Crippen LogP contribution in [0.25, 0.3) is 0 Å². The molecule has 1 saturated heterocycles. The van der Waals surface area contributed by atoms with Crippen LogP contribution in [0.2, 0.25) is 0 Å². The highest BCUT2D eigenvalue weighted by Crippen LogP contribution is 2.18. The Hall–Kier alpha value is -1.32. The highest BCUT2D eigenvalue weighted by atomic mass is 16.6. The second kappa shape index (κ2) is 5.84. The summed E-state index contributed by atoms with van der Waals surface area (Å²) in [5.74, 6) is 0. The van der Waals surface area contributed by atoms with E-state index >= 15 is 0 Å². The van der Waals surface area contributed by atoms with Gasteiger partial charge in [-0.05, 0) is 46.1 Å². The van der Waals surface area contributed by atoms with E-state index in [-0.39, 0.29) is 6.09 Å². The molecule has 96 valence electrons. The number of nitrogens with zero attached hydrogens (tertiary/aromatic N) is 1. The van der Waals surface area contributed by atoms with E-state index in [0.29, 0.717) is 13.1 Å². The quantitative estimate of drug-likeness (QED) is 0.522. The summed E-state index contributed by atoms with van der Waals surface area (Å²) < 4.78 is 5.33. The molecule has 0 spiro atoms. The van der Waals surface area contributed by atoms with Gasteiger partial charge in [-0.15, -0.1) is 0 Å². The molecular formula is C13H21NO3. The van der Waals surface area contributed by atoms with Gasteiger partial charge in [-0.2, -0.15) is 0 Å². The number of hydrogen-bond donors (Lipinski definition) is 0. The SMILES string of the molecule is CC(C)(C)OC(=O)N1CCC/C(=C/C=O)CC1. The number of rotatable bonds is 1. The minimum atomic E-state index is -0.454. The van der Waals surface area contributed by atoms with Gasteiger partial charge in [0, 0.05) is 13.1 Å². The van der Waals surface area contributed by atoms with E-state index in [1.54, 1.807) is 11.0 Å². The number of hydrogen-bond acceptors (Lipinski definition) is 3. The van der Waals surface area contributed by atoms with E-state index < -0.39 is 5.60 Å². The van der Waals surface area contributed by atoms with Crippen LogP contribution in [0.3, 0.4) is 0 Å². The number of carbonyl (C=O) groups excluding carboxylic acids is 2. The molecule has 0 atom stereocenters. The second-order valence-corrected chi connectivity index (χ2v) is 5.28. The van der Waals surface area contributed by atoms with Crippen LogP contribution < -0.4 is 0 Å². The molecule has 1 fully saturated rings. The topological polar surface area (TPSA) is 46.6 Å².